The van der Waals surface area contributed by atoms with E-state index >= 15 is 0 Å². The topological polar surface area (TPSA) is 88.8 Å². The van der Waals surface area contributed by atoms with E-state index in [0.29, 0.717) is 13.2 Å². The Hall–Kier alpha value is -3.10. The molecule has 1 saturated heterocycles. The van der Waals surface area contributed by atoms with Gasteiger partial charge in [0.1, 0.15) is 5.75 Å². The fourth-order valence-corrected chi connectivity index (χ4v) is 5.24. The Morgan fingerprint density at radius 1 is 1.03 bits per heavy atom. The van der Waals surface area contributed by atoms with Crippen molar-refractivity contribution in [3.05, 3.63) is 78.1 Å². The second-order valence-electron chi connectivity index (χ2n) is 7.91. The monoisotopic (exact) mass is 468 g/mol. The molecule has 7 nitrogen and oxygen atoms in total. The molecular formula is C25H28N2O5S. The number of hydrogen-bond acceptors (Lipinski definition) is 6. The SMILES string of the molecule is CCOc1ccc(C(CNC(=O)c2ccc(S(=O)(=O)c3ccccc3)o2)N2CCCC2)cc1. The van der Waals surface area contributed by atoms with Gasteiger partial charge in [0, 0.05) is 6.54 Å². The van der Waals surface area contributed by atoms with E-state index in [1.807, 2.05) is 31.2 Å². The van der Waals surface area contributed by atoms with Crippen molar-refractivity contribution >= 4 is 15.7 Å². The third kappa shape index (κ3) is 5.29. The molecule has 0 saturated carbocycles. The Labute approximate surface area is 194 Å². The second-order valence-corrected chi connectivity index (χ2v) is 9.79. The number of carbonyl (C=O) groups is 1. The number of hydrogen-bond donors (Lipinski definition) is 1. The van der Waals surface area contributed by atoms with Crippen molar-refractivity contribution in [2.24, 2.45) is 0 Å². The van der Waals surface area contributed by atoms with Gasteiger partial charge in [-0.05, 0) is 74.8 Å². The first kappa shape index (κ1) is 23.1. The molecule has 1 aliphatic heterocycles. The molecule has 1 aliphatic rings. The maximum absolute atomic E-state index is 12.8. The van der Waals surface area contributed by atoms with Crippen LogP contribution >= 0.6 is 0 Å². The van der Waals surface area contributed by atoms with Crippen LogP contribution in [0.1, 0.15) is 41.9 Å². The molecule has 2 aromatic carbocycles. The summed E-state index contributed by atoms with van der Waals surface area (Å²) in [5, 5.41) is 2.67. The van der Waals surface area contributed by atoms with Crippen LogP contribution in [-0.2, 0) is 9.84 Å². The number of carbonyl (C=O) groups excluding carboxylic acids is 1. The second kappa shape index (κ2) is 10.2. The molecule has 1 aromatic heterocycles. The molecule has 2 heterocycles. The van der Waals surface area contributed by atoms with Crippen LogP contribution in [0.5, 0.6) is 5.75 Å². The van der Waals surface area contributed by atoms with E-state index in [1.54, 1.807) is 18.2 Å². The van der Waals surface area contributed by atoms with Gasteiger partial charge in [0.2, 0.25) is 14.9 Å². The molecule has 0 spiro atoms. The van der Waals surface area contributed by atoms with Gasteiger partial charge >= 0.3 is 0 Å². The third-order valence-corrected chi connectivity index (χ3v) is 7.38. The lowest BCUT2D eigenvalue weighted by Crippen LogP contribution is -2.36. The minimum Gasteiger partial charge on any atom is -0.494 e. The van der Waals surface area contributed by atoms with E-state index in [0.717, 1.165) is 37.2 Å². The molecule has 1 amide bonds. The summed E-state index contributed by atoms with van der Waals surface area (Å²) in [6, 6.07) is 18.7. The van der Waals surface area contributed by atoms with Gasteiger partial charge in [0.15, 0.2) is 5.76 Å². The lowest BCUT2D eigenvalue weighted by Gasteiger charge is -2.28. The van der Waals surface area contributed by atoms with Crippen LogP contribution in [0.25, 0.3) is 0 Å². The standard InChI is InChI=1S/C25H28N2O5S/c1-2-31-20-12-10-19(11-13-20)22(27-16-6-7-17-27)18-26-25(28)23-14-15-24(32-23)33(29,30)21-8-4-3-5-9-21/h3-5,8-15,22H,2,6-7,16-18H2,1H3,(H,26,28). The Kier molecular flexibility index (Phi) is 7.15. The quantitative estimate of drug-likeness (QED) is 0.509. The van der Waals surface area contributed by atoms with Crippen molar-refractivity contribution in [3.63, 3.8) is 0 Å². The molecular weight excluding hydrogens is 440 g/mol. The van der Waals surface area contributed by atoms with Crippen LogP contribution in [-0.4, -0.2) is 45.5 Å². The number of sulfone groups is 1. The Morgan fingerprint density at radius 2 is 1.73 bits per heavy atom. The molecule has 0 bridgehead atoms. The van der Waals surface area contributed by atoms with Crippen LogP contribution < -0.4 is 10.1 Å². The molecule has 0 radical (unpaired) electrons. The van der Waals surface area contributed by atoms with E-state index in [1.165, 1.54) is 24.3 Å². The maximum Gasteiger partial charge on any atom is 0.287 e. The van der Waals surface area contributed by atoms with Crippen molar-refractivity contribution < 1.29 is 22.4 Å². The van der Waals surface area contributed by atoms with Crippen molar-refractivity contribution in [1.82, 2.24) is 10.2 Å². The van der Waals surface area contributed by atoms with Crippen molar-refractivity contribution in [2.45, 2.75) is 35.8 Å². The first-order valence-electron chi connectivity index (χ1n) is 11.1. The summed E-state index contributed by atoms with van der Waals surface area (Å²) in [6.07, 6.45) is 2.25. The van der Waals surface area contributed by atoms with Crippen LogP contribution in [0.15, 0.2) is 81.1 Å². The van der Waals surface area contributed by atoms with E-state index in [9.17, 15) is 13.2 Å². The summed E-state index contributed by atoms with van der Waals surface area (Å²) in [5.41, 5.74) is 1.09. The van der Waals surface area contributed by atoms with Gasteiger partial charge in [0.05, 0.1) is 17.5 Å². The van der Waals surface area contributed by atoms with Crippen molar-refractivity contribution in [3.8, 4) is 5.75 Å². The Morgan fingerprint density at radius 3 is 2.39 bits per heavy atom. The predicted molar refractivity (Wildman–Crippen MR) is 124 cm³/mol. The van der Waals surface area contributed by atoms with Gasteiger partial charge in [-0.3, -0.25) is 9.69 Å². The average molecular weight is 469 g/mol. The zero-order chi connectivity index (χ0) is 23.3. The highest BCUT2D eigenvalue weighted by Gasteiger charge is 2.26. The average Bonchev–Trinajstić information content (AvgIpc) is 3.54. The highest BCUT2D eigenvalue weighted by atomic mass is 32.2. The minimum absolute atomic E-state index is 0.00890. The summed E-state index contributed by atoms with van der Waals surface area (Å²) < 4.78 is 36.4. The fourth-order valence-electron chi connectivity index (χ4n) is 4.04. The van der Waals surface area contributed by atoms with Crippen LogP contribution in [0.3, 0.4) is 0 Å². The lowest BCUT2D eigenvalue weighted by molar-refractivity contribution is 0.0905. The molecule has 8 heteroatoms. The molecule has 174 valence electrons. The van der Waals surface area contributed by atoms with E-state index in [2.05, 4.69) is 10.2 Å². The maximum atomic E-state index is 12.8. The van der Waals surface area contributed by atoms with Gasteiger partial charge in [0.25, 0.3) is 5.91 Å². The zero-order valence-corrected chi connectivity index (χ0v) is 19.4. The molecule has 1 atom stereocenters. The van der Waals surface area contributed by atoms with E-state index < -0.39 is 15.7 Å². The highest BCUT2D eigenvalue weighted by molar-refractivity contribution is 7.91. The number of likely N-dealkylation sites (tertiary alicyclic amines) is 1. The summed E-state index contributed by atoms with van der Waals surface area (Å²) in [6.45, 7) is 4.87. The van der Waals surface area contributed by atoms with Gasteiger partial charge in [-0.15, -0.1) is 0 Å². The summed E-state index contributed by atoms with van der Waals surface area (Å²) in [4.78, 5) is 15.2. The number of furan rings is 1. The third-order valence-electron chi connectivity index (χ3n) is 5.74. The van der Waals surface area contributed by atoms with Gasteiger partial charge in [-0.2, -0.15) is 0 Å². The molecule has 1 fully saturated rings. The molecule has 0 aliphatic carbocycles. The van der Waals surface area contributed by atoms with Gasteiger partial charge in [-0.25, -0.2) is 8.42 Å². The summed E-state index contributed by atoms with van der Waals surface area (Å²) >= 11 is 0. The largest absolute Gasteiger partial charge is 0.494 e. The predicted octanol–water partition coefficient (Wildman–Crippen LogP) is 4.08. The zero-order valence-electron chi connectivity index (χ0n) is 18.6. The molecule has 4 rings (SSSR count). The number of nitrogens with zero attached hydrogens (tertiary/aromatic N) is 1. The molecule has 33 heavy (non-hydrogen) atoms. The Balaban J connectivity index is 1.47. The number of nitrogens with one attached hydrogen (secondary N) is 1. The molecule has 3 aromatic rings. The smallest absolute Gasteiger partial charge is 0.287 e. The van der Waals surface area contributed by atoms with Gasteiger partial charge < -0.3 is 14.5 Å². The van der Waals surface area contributed by atoms with Gasteiger partial charge in [-0.1, -0.05) is 30.3 Å². The normalized spacial score (nSPS) is 15.3. The first-order valence-corrected chi connectivity index (χ1v) is 12.6. The number of rotatable bonds is 9. The van der Waals surface area contributed by atoms with Crippen molar-refractivity contribution in [1.29, 1.82) is 0 Å². The van der Waals surface area contributed by atoms with E-state index in [4.69, 9.17) is 9.15 Å². The summed E-state index contributed by atoms with van der Waals surface area (Å²) in [7, 11) is -3.81. The number of benzene rings is 2. The Bertz CT molecular complexity index is 1170. The highest BCUT2D eigenvalue weighted by Crippen LogP contribution is 2.27. The fraction of sp³-hybridized carbons (Fsp3) is 0.320. The first-order chi connectivity index (χ1) is 16.0. The van der Waals surface area contributed by atoms with Crippen LogP contribution in [0.4, 0.5) is 0 Å². The number of amides is 1. The molecule has 1 unspecified atom stereocenters. The van der Waals surface area contributed by atoms with Crippen LogP contribution in [0, 0.1) is 0 Å². The van der Waals surface area contributed by atoms with Crippen molar-refractivity contribution in [2.75, 3.05) is 26.2 Å². The summed E-state index contributed by atoms with van der Waals surface area (Å²) in [5.74, 6) is 0.337. The van der Waals surface area contributed by atoms with Crippen LogP contribution in [0.2, 0.25) is 0 Å². The van der Waals surface area contributed by atoms with E-state index in [-0.39, 0.29) is 21.8 Å². The number of ether oxygens (including phenoxy) is 1. The minimum atomic E-state index is -3.81. The lowest BCUT2D eigenvalue weighted by atomic mass is 10.1. The molecule has 1 N–H and O–H groups in total.